The van der Waals surface area contributed by atoms with Crippen molar-refractivity contribution in [2.24, 2.45) is 0 Å². The first-order valence-electron chi connectivity index (χ1n) is 4.24. The summed E-state index contributed by atoms with van der Waals surface area (Å²) in [6.07, 6.45) is 4.14. The zero-order chi connectivity index (χ0) is 7.23. The van der Waals surface area contributed by atoms with Crippen LogP contribution in [0.2, 0.25) is 0 Å². The Labute approximate surface area is 63.0 Å². The molecule has 0 spiro atoms. The van der Waals surface area contributed by atoms with Gasteiger partial charge in [0.2, 0.25) is 0 Å². The molecular formula is C8H17NO. The Morgan fingerprint density at radius 1 is 1.50 bits per heavy atom. The lowest BCUT2D eigenvalue weighted by atomic mass is 9.93. The molecule has 60 valence electrons. The van der Waals surface area contributed by atoms with Crippen LogP contribution < -0.4 is 5.32 Å². The van der Waals surface area contributed by atoms with Crippen molar-refractivity contribution in [3.63, 3.8) is 0 Å². The van der Waals surface area contributed by atoms with Crippen LogP contribution in [0.1, 0.15) is 26.2 Å². The van der Waals surface area contributed by atoms with E-state index in [9.17, 15) is 0 Å². The molecule has 0 aliphatic heterocycles. The molecule has 0 amide bonds. The standard InChI is InChI=1S/C8H17NO/c1-2-10-7-6-9-8-4-3-5-8/h8-9H,2-7H2,1H3. The molecule has 1 rings (SSSR count). The van der Waals surface area contributed by atoms with Crippen molar-refractivity contribution in [1.29, 1.82) is 0 Å². The molecule has 1 fully saturated rings. The molecule has 2 nitrogen and oxygen atoms in total. The molecule has 1 N–H and O–H groups in total. The van der Waals surface area contributed by atoms with Crippen molar-refractivity contribution < 1.29 is 4.74 Å². The summed E-state index contributed by atoms with van der Waals surface area (Å²) < 4.78 is 5.19. The van der Waals surface area contributed by atoms with Crippen molar-refractivity contribution in [1.82, 2.24) is 5.32 Å². The first-order valence-corrected chi connectivity index (χ1v) is 4.24. The van der Waals surface area contributed by atoms with Crippen molar-refractivity contribution in [3.8, 4) is 0 Å². The van der Waals surface area contributed by atoms with Crippen LogP contribution in [0.15, 0.2) is 0 Å². The van der Waals surface area contributed by atoms with Crippen LogP contribution in [0.4, 0.5) is 0 Å². The third-order valence-electron chi connectivity index (χ3n) is 1.99. The van der Waals surface area contributed by atoms with Gasteiger partial charge in [-0.3, -0.25) is 0 Å². The summed E-state index contributed by atoms with van der Waals surface area (Å²) in [6, 6.07) is 0.806. The monoisotopic (exact) mass is 143 g/mol. The molecule has 0 heterocycles. The topological polar surface area (TPSA) is 21.3 Å². The smallest absolute Gasteiger partial charge is 0.0590 e. The molecule has 0 aromatic rings. The van der Waals surface area contributed by atoms with E-state index in [0.29, 0.717) is 0 Å². The fraction of sp³-hybridized carbons (Fsp3) is 1.00. The van der Waals surface area contributed by atoms with Gasteiger partial charge in [-0.05, 0) is 19.8 Å². The summed E-state index contributed by atoms with van der Waals surface area (Å²) in [5.74, 6) is 0. The van der Waals surface area contributed by atoms with E-state index >= 15 is 0 Å². The first kappa shape index (κ1) is 8.02. The second kappa shape index (κ2) is 4.69. The van der Waals surface area contributed by atoms with Crippen LogP contribution in [-0.2, 0) is 4.74 Å². The van der Waals surface area contributed by atoms with Crippen LogP contribution in [0.5, 0.6) is 0 Å². The normalized spacial score (nSPS) is 18.9. The van der Waals surface area contributed by atoms with Gasteiger partial charge in [0.25, 0.3) is 0 Å². The van der Waals surface area contributed by atoms with Gasteiger partial charge in [0.1, 0.15) is 0 Å². The minimum absolute atomic E-state index is 0.806. The predicted octanol–water partition coefficient (Wildman–Crippen LogP) is 1.16. The molecule has 1 aliphatic rings. The van der Waals surface area contributed by atoms with E-state index in [-0.39, 0.29) is 0 Å². The van der Waals surface area contributed by atoms with E-state index < -0.39 is 0 Å². The van der Waals surface area contributed by atoms with Gasteiger partial charge in [-0.2, -0.15) is 0 Å². The molecular weight excluding hydrogens is 126 g/mol. The van der Waals surface area contributed by atoms with Gasteiger partial charge >= 0.3 is 0 Å². The van der Waals surface area contributed by atoms with Crippen LogP contribution in [-0.4, -0.2) is 25.8 Å². The van der Waals surface area contributed by atoms with Gasteiger partial charge in [-0.1, -0.05) is 6.42 Å². The maximum Gasteiger partial charge on any atom is 0.0590 e. The maximum atomic E-state index is 5.19. The van der Waals surface area contributed by atoms with E-state index in [1.54, 1.807) is 0 Å². The van der Waals surface area contributed by atoms with Crippen LogP contribution >= 0.6 is 0 Å². The van der Waals surface area contributed by atoms with Gasteiger partial charge in [0.05, 0.1) is 6.61 Å². The van der Waals surface area contributed by atoms with E-state index in [1.807, 2.05) is 6.92 Å². The minimum Gasteiger partial charge on any atom is -0.380 e. The summed E-state index contributed by atoms with van der Waals surface area (Å²) in [7, 11) is 0. The fourth-order valence-electron chi connectivity index (χ4n) is 1.09. The SMILES string of the molecule is CCOCCNC1CCC1. The fourth-order valence-corrected chi connectivity index (χ4v) is 1.09. The molecule has 10 heavy (non-hydrogen) atoms. The van der Waals surface area contributed by atoms with Crippen LogP contribution in [0.3, 0.4) is 0 Å². The van der Waals surface area contributed by atoms with Gasteiger partial charge < -0.3 is 10.1 Å². The summed E-state index contributed by atoms with van der Waals surface area (Å²) in [5.41, 5.74) is 0. The van der Waals surface area contributed by atoms with Crippen molar-refractivity contribution in [2.75, 3.05) is 19.8 Å². The summed E-state index contributed by atoms with van der Waals surface area (Å²) in [6.45, 7) is 4.77. The quantitative estimate of drug-likeness (QED) is 0.583. The average molecular weight is 143 g/mol. The molecule has 0 radical (unpaired) electrons. The highest BCUT2D eigenvalue weighted by atomic mass is 16.5. The highest BCUT2D eigenvalue weighted by molar-refractivity contribution is 4.75. The number of hydrogen-bond acceptors (Lipinski definition) is 2. The van der Waals surface area contributed by atoms with E-state index in [0.717, 1.165) is 25.8 Å². The average Bonchev–Trinajstić information content (AvgIpc) is 1.84. The molecule has 0 aromatic carbocycles. The van der Waals surface area contributed by atoms with Crippen molar-refractivity contribution in [3.05, 3.63) is 0 Å². The van der Waals surface area contributed by atoms with Gasteiger partial charge in [-0.15, -0.1) is 0 Å². The molecule has 0 bridgehead atoms. The number of hydrogen-bond donors (Lipinski definition) is 1. The van der Waals surface area contributed by atoms with Gasteiger partial charge in [-0.25, -0.2) is 0 Å². The second-order valence-corrected chi connectivity index (χ2v) is 2.78. The lowest BCUT2D eigenvalue weighted by Crippen LogP contribution is -2.37. The number of nitrogens with one attached hydrogen (secondary N) is 1. The molecule has 0 saturated heterocycles. The van der Waals surface area contributed by atoms with E-state index in [1.165, 1.54) is 19.3 Å². The third-order valence-corrected chi connectivity index (χ3v) is 1.99. The minimum atomic E-state index is 0.806. The number of rotatable bonds is 5. The molecule has 1 saturated carbocycles. The highest BCUT2D eigenvalue weighted by Gasteiger charge is 2.15. The van der Waals surface area contributed by atoms with Crippen LogP contribution in [0.25, 0.3) is 0 Å². The molecule has 0 atom stereocenters. The second-order valence-electron chi connectivity index (χ2n) is 2.78. The number of ether oxygens (including phenoxy) is 1. The molecule has 2 heteroatoms. The summed E-state index contributed by atoms with van der Waals surface area (Å²) in [5, 5.41) is 3.43. The highest BCUT2D eigenvalue weighted by Crippen LogP contribution is 2.17. The van der Waals surface area contributed by atoms with E-state index in [4.69, 9.17) is 4.74 Å². The Morgan fingerprint density at radius 2 is 2.30 bits per heavy atom. The van der Waals surface area contributed by atoms with Crippen molar-refractivity contribution >= 4 is 0 Å². The zero-order valence-electron chi connectivity index (χ0n) is 6.73. The van der Waals surface area contributed by atoms with Gasteiger partial charge in [0.15, 0.2) is 0 Å². The van der Waals surface area contributed by atoms with Crippen molar-refractivity contribution in [2.45, 2.75) is 32.2 Å². The predicted molar refractivity (Wildman–Crippen MR) is 42.1 cm³/mol. The Morgan fingerprint density at radius 3 is 2.80 bits per heavy atom. The lowest BCUT2D eigenvalue weighted by Gasteiger charge is -2.26. The van der Waals surface area contributed by atoms with E-state index in [2.05, 4.69) is 5.32 Å². The Bertz CT molecular complexity index is 81.3. The Kier molecular flexibility index (Phi) is 3.76. The zero-order valence-corrected chi connectivity index (χ0v) is 6.73. The summed E-state index contributed by atoms with van der Waals surface area (Å²) in [4.78, 5) is 0. The summed E-state index contributed by atoms with van der Waals surface area (Å²) >= 11 is 0. The Hall–Kier alpha value is -0.0800. The third kappa shape index (κ3) is 2.67. The molecule has 0 aromatic heterocycles. The lowest BCUT2D eigenvalue weighted by molar-refractivity contribution is 0.143. The molecule has 0 unspecified atom stereocenters. The largest absolute Gasteiger partial charge is 0.380 e. The first-order chi connectivity index (χ1) is 4.93. The van der Waals surface area contributed by atoms with Gasteiger partial charge in [0, 0.05) is 19.2 Å². The molecule has 1 aliphatic carbocycles. The Balaban J connectivity index is 1.76. The van der Waals surface area contributed by atoms with Crippen LogP contribution in [0, 0.1) is 0 Å². The maximum absolute atomic E-state index is 5.19.